The Bertz CT molecular complexity index is 1130. The summed E-state index contributed by atoms with van der Waals surface area (Å²) in [6.07, 6.45) is 0.267. The van der Waals surface area contributed by atoms with Gasteiger partial charge in [-0.1, -0.05) is 6.92 Å². The van der Waals surface area contributed by atoms with Crippen molar-refractivity contribution in [2.24, 2.45) is 28.6 Å². The minimum absolute atomic E-state index is 0.00553. The molecule has 10 atom stereocenters. The molecule has 5 rings (SSSR count). The van der Waals surface area contributed by atoms with Gasteiger partial charge in [0.25, 0.3) is 0 Å². The lowest BCUT2D eigenvalue weighted by molar-refractivity contribution is -0.319. The minimum Gasteiger partial charge on any atom is -0.465 e. The Morgan fingerprint density at radius 2 is 1.73 bits per heavy atom. The van der Waals surface area contributed by atoms with Crippen LogP contribution in [0.1, 0.15) is 72.6 Å². The summed E-state index contributed by atoms with van der Waals surface area (Å²) in [6, 6.07) is 0. The van der Waals surface area contributed by atoms with Crippen LogP contribution in [0.25, 0.3) is 0 Å². The molecule has 4 saturated carbocycles. The Labute approximate surface area is 233 Å². The van der Waals surface area contributed by atoms with Crippen LogP contribution in [0.3, 0.4) is 0 Å². The van der Waals surface area contributed by atoms with Crippen molar-refractivity contribution in [1.29, 1.82) is 0 Å². The maximum Gasteiger partial charge on any atom is 0.331 e. The quantitative estimate of drug-likeness (QED) is 0.326. The maximum absolute atomic E-state index is 12.6. The number of ether oxygens (including phenoxy) is 4. The number of carbonyl (C=O) groups is 4. The van der Waals surface area contributed by atoms with E-state index in [1.807, 2.05) is 6.92 Å². The molecule has 0 bridgehead atoms. The van der Waals surface area contributed by atoms with Crippen LogP contribution < -0.4 is 0 Å². The van der Waals surface area contributed by atoms with Crippen molar-refractivity contribution in [2.75, 3.05) is 13.2 Å². The average molecular weight is 565 g/mol. The maximum atomic E-state index is 12.6. The Morgan fingerprint density at radius 3 is 2.33 bits per heavy atom. The molecular weight excluding hydrogens is 524 g/mol. The molecule has 0 spiro atoms. The van der Waals surface area contributed by atoms with Gasteiger partial charge in [-0.25, -0.2) is 4.79 Å². The Morgan fingerprint density at radius 1 is 1.02 bits per heavy atom. The van der Waals surface area contributed by atoms with Crippen molar-refractivity contribution in [3.63, 3.8) is 0 Å². The summed E-state index contributed by atoms with van der Waals surface area (Å²) in [5.41, 5.74) is -4.43. The van der Waals surface area contributed by atoms with E-state index in [2.05, 4.69) is 0 Å². The number of hydrogen-bond donors (Lipinski definition) is 3. The van der Waals surface area contributed by atoms with E-state index in [0.717, 1.165) is 5.57 Å². The topological polar surface area (TPSA) is 166 Å². The Hall–Kier alpha value is -2.50. The second kappa shape index (κ2) is 9.80. The van der Waals surface area contributed by atoms with Gasteiger partial charge in [-0.2, -0.15) is 0 Å². The van der Waals surface area contributed by atoms with Crippen LogP contribution in [0.5, 0.6) is 0 Å². The van der Waals surface area contributed by atoms with Gasteiger partial charge in [-0.3, -0.25) is 14.4 Å². The number of hydrogen-bond acceptors (Lipinski definition) is 11. The van der Waals surface area contributed by atoms with Crippen molar-refractivity contribution in [3.05, 3.63) is 11.6 Å². The summed E-state index contributed by atoms with van der Waals surface area (Å²) >= 11 is 0. The lowest BCUT2D eigenvalue weighted by Crippen LogP contribution is -2.76. The molecule has 11 nitrogen and oxygen atoms in total. The summed E-state index contributed by atoms with van der Waals surface area (Å²) < 4.78 is 22.1. The second-order valence-corrected chi connectivity index (χ2v) is 12.8. The van der Waals surface area contributed by atoms with Crippen LogP contribution in [0.15, 0.2) is 11.6 Å². The average Bonchev–Trinajstić information content (AvgIpc) is 3.37. The fourth-order valence-corrected chi connectivity index (χ4v) is 9.47. The van der Waals surface area contributed by atoms with Crippen molar-refractivity contribution in [1.82, 2.24) is 0 Å². The first kappa shape index (κ1) is 29.0. The fourth-order valence-electron chi connectivity index (χ4n) is 9.47. The van der Waals surface area contributed by atoms with E-state index in [1.165, 1.54) is 26.8 Å². The molecule has 0 aromatic heterocycles. The van der Waals surface area contributed by atoms with Crippen LogP contribution in [0.2, 0.25) is 0 Å². The number of rotatable bonds is 5. The molecule has 4 fully saturated rings. The number of aliphatic hydroxyl groups excluding tert-OH is 1. The van der Waals surface area contributed by atoms with Crippen molar-refractivity contribution in [3.8, 4) is 0 Å². The van der Waals surface area contributed by atoms with Gasteiger partial charge in [-0.15, -0.1) is 0 Å². The van der Waals surface area contributed by atoms with E-state index < -0.39 is 76.1 Å². The monoisotopic (exact) mass is 564 g/mol. The van der Waals surface area contributed by atoms with Crippen LogP contribution in [-0.4, -0.2) is 81.9 Å². The predicted octanol–water partition coefficient (Wildman–Crippen LogP) is 1.35. The summed E-state index contributed by atoms with van der Waals surface area (Å²) in [6.45, 7) is 5.54. The fraction of sp³-hybridized carbons (Fsp3) is 0.793. The van der Waals surface area contributed by atoms with Gasteiger partial charge in [0, 0.05) is 51.0 Å². The van der Waals surface area contributed by atoms with E-state index in [0.29, 0.717) is 19.3 Å². The molecular formula is C29H40O11. The van der Waals surface area contributed by atoms with Crippen LogP contribution >= 0.6 is 0 Å². The summed E-state index contributed by atoms with van der Waals surface area (Å²) in [4.78, 5) is 48.2. The van der Waals surface area contributed by atoms with Crippen LogP contribution in [-0.2, 0) is 38.1 Å². The van der Waals surface area contributed by atoms with Gasteiger partial charge in [0.2, 0.25) is 0 Å². The van der Waals surface area contributed by atoms with Gasteiger partial charge < -0.3 is 34.3 Å². The van der Waals surface area contributed by atoms with Crippen molar-refractivity contribution < 1.29 is 53.4 Å². The highest BCUT2D eigenvalue weighted by Gasteiger charge is 2.76. The molecule has 3 N–H and O–H groups in total. The molecule has 0 aromatic carbocycles. The number of esters is 4. The molecule has 222 valence electrons. The smallest absolute Gasteiger partial charge is 0.331 e. The third kappa shape index (κ3) is 4.18. The molecule has 4 aliphatic carbocycles. The molecule has 11 heteroatoms. The number of fused-ring (bicyclic) bond motifs is 5. The molecule has 0 aromatic rings. The second-order valence-electron chi connectivity index (χ2n) is 12.8. The largest absolute Gasteiger partial charge is 0.465 e. The van der Waals surface area contributed by atoms with Crippen molar-refractivity contribution >= 4 is 23.9 Å². The zero-order valence-corrected chi connectivity index (χ0v) is 23.5. The lowest BCUT2D eigenvalue weighted by Gasteiger charge is -2.68. The van der Waals surface area contributed by atoms with Gasteiger partial charge in [0.15, 0.2) is 0 Å². The number of carbonyl (C=O) groups excluding carboxylic acids is 4. The SMILES string of the molecule is CC(=O)OC[C@@]12[C@@H]3[C@@H](CC[C@@]1(O)C[C@H](OC(C)=O)C[C@@H]2O)[C@]1(O)CC[C@H](C2=CC(=O)OC2)[C@@]1(C)C[C@H]3OC(C)=O. The molecule has 0 radical (unpaired) electrons. The molecule has 1 aliphatic heterocycles. The summed E-state index contributed by atoms with van der Waals surface area (Å²) in [5, 5.41) is 36.7. The number of cyclic esters (lactones) is 1. The zero-order chi connectivity index (χ0) is 29.3. The highest BCUT2D eigenvalue weighted by atomic mass is 16.6. The van der Waals surface area contributed by atoms with Gasteiger partial charge in [0.1, 0.15) is 25.4 Å². The molecule has 1 heterocycles. The zero-order valence-electron chi connectivity index (χ0n) is 23.5. The Kier molecular flexibility index (Phi) is 7.11. The highest BCUT2D eigenvalue weighted by molar-refractivity contribution is 5.85. The van der Waals surface area contributed by atoms with Crippen molar-refractivity contribution in [2.45, 2.75) is 102 Å². The first-order valence-electron chi connectivity index (χ1n) is 14.1. The molecule has 0 saturated heterocycles. The highest BCUT2D eigenvalue weighted by Crippen LogP contribution is 2.71. The molecule has 0 amide bonds. The van der Waals surface area contributed by atoms with E-state index in [-0.39, 0.29) is 44.8 Å². The molecule has 40 heavy (non-hydrogen) atoms. The van der Waals surface area contributed by atoms with Crippen LogP contribution in [0.4, 0.5) is 0 Å². The summed E-state index contributed by atoms with van der Waals surface area (Å²) in [5.74, 6) is -3.61. The Balaban J connectivity index is 1.63. The third-order valence-corrected chi connectivity index (χ3v) is 10.9. The van der Waals surface area contributed by atoms with E-state index in [1.54, 1.807) is 0 Å². The summed E-state index contributed by atoms with van der Waals surface area (Å²) in [7, 11) is 0. The minimum atomic E-state index is -1.64. The van der Waals surface area contributed by atoms with Gasteiger partial charge in [0.05, 0.1) is 22.7 Å². The third-order valence-electron chi connectivity index (χ3n) is 10.9. The predicted molar refractivity (Wildman–Crippen MR) is 136 cm³/mol. The van der Waals surface area contributed by atoms with Gasteiger partial charge in [-0.05, 0) is 49.5 Å². The van der Waals surface area contributed by atoms with Gasteiger partial charge >= 0.3 is 23.9 Å². The molecule has 5 aliphatic rings. The first-order valence-corrected chi connectivity index (χ1v) is 14.1. The van der Waals surface area contributed by atoms with E-state index in [9.17, 15) is 34.5 Å². The van der Waals surface area contributed by atoms with E-state index >= 15 is 0 Å². The number of aliphatic hydroxyl groups is 3. The van der Waals surface area contributed by atoms with Crippen LogP contribution in [0, 0.1) is 28.6 Å². The first-order chi connectivity index (χ1) is 18.7. The lowest BCUT2D eigenvalue weighted by atomic mass is 9.40. The standard InChI is InChI=1S/C29H40O11/c1-15(30)38-14-28-23(33)10-19(39-16(2)31)11-27(28,35)7-5-21-25(28)22(40-17(3)32)12-26(4)20(6-8-29(21,26)36)18-9-24(34)37-13-18/h9,19-23,25,33,35-36H,5-8,10-14H2,1-4H3/t19-,20-,21-,22-,23+,25-,26-,27-,28-,29-/m1/s1. The van der Waals surface area contributed by atoms with E-state index in [4.69, 9.17) is 18.9 Å². The molecule has 0 unspecified atom stereocenters. The normalized spacial score (nSPS) is 45.8.